The van der Waals surface area contributed by atoms with Crippen LogP contribution in [0.4, 0.5) is 5.95 Å². The fraction of sp³-hybridized carbons (Fsp3) is 0.364. The zero-order valence-electron chi connectivity index (χ0n) is 8.90. The van der Waals surface area contributed by atoms with E-state index in [0.717, 1.165) is 0 Å². The van der Waals surface area contributed by atoms with Crippen molar-refractivity contribution < 1.29 is 4.79 Å². The van der Waals surface area contributed by atoms with Gasteiger partial charge in [0.15, 0.2) is 0 Å². The van der Waals surface area contributed by atoms with Gasteiger partial charge in [0.2, 0.25) is 11.9 Å². The summed E-state index contributed by atoms with van der Waals surface area (Å²) in [7, 11) is 0. The Morgan fingerprint density at radius 3 is 2.67 bits per heavy atom. The number of carbonyl (C=O) groups is 1. The summed E-state index contributed by atoms with van der Waals surface area (Å²) >= 11 is 0. The minimum absolute atomic E-state index is 0.0703. The Hall–Kier alpha value is -1.89. The third-order valence-electron chi connectivity index (χ3n) is 1.81. The van der Waals surface area contributed by atoms with Crippen molar-refractivity contribution in [2.45, 2.75) is 20.3 Å². The molecule has 0 aliphatic rings. The lowest BCUT2D eigenvalue weighted by atomic mass is 10.4. The Morgan fingerprint density at radius 2 is 2.13 bits per heavy atom. The van der Waals surface area contributed by atoms with Crippen LogP contribution in [0.25, 0.3) is 0 Å². The number of anilines is 1. The summed E-state index contributed by atoms with van der Waals surface area (Å²) in [5, 5.41) is 0. The molecule has 1 heterocycles. The fourth-order valence-electron chi connectivity index (χ4n) is 1.12. The minimum Gasteiger partial charge on any atom is -0.280 e. The van der Waals surface area contributed by atoms with E-state index >= 15 is 0 Å². The van der Waals surface area contributed by atoms with Crippen LogP contribution in [0.15, 0.2) is 18.5 Å². The SMILES string of the molecule is CC#CCCN(C(C)=O)c1ncccn1. The first-order chi connectivity index (χ1) is 7.25. The van der Waals surface area contributed by atoms with Crippen LogP contribution >= 0.6 is 0 Å². The molecule has 15 heavy (non-hydrogen) atoms. The Labute approximate surface area is 89.3 Å². The summed E-state index contributed by atoms with van der Waals surface area (Å²) in [4.78, 5) is 20.9. The summed E-state index contributed by atoms with van der Waals surface area (Å²) < 4.78 is 0. The smallest absolute Gasteiger partial charge is 0.232 e. The van der Waals surface area contributed by atoms with Crippen LogP contribution in [-0.4, -0.2) is 22.4 Å². The summed E-state index contributed by atoms with van der Waals surface area (Å²) in [6.07, 6.45) is 3.86. The van der Waals surface area contributed by atoms with Crippen molar-refractivity contribution in [2.75, 3.05) is 11.4 Å². The van der Waals surface area contributed by atoms with Gasteiger partial charge in [-0.05, 0) is 13.0 Å². The molecule has 0 aliphatic carbocycles. The minimum atomic E-state index is -0.0703. The number of amides is 1. The Balaban J connectivity index is 2.73. The lowest BCUT2D eigenvalue weighted by Gasteiger charge is -2.16. The summed E-state index contributed by atoms with van der Waals surface area (Å²) in [5.74, 6) is 6.05. The third-order valence-corrected chi connectivity index (χ3v) is 1.81. The van der Waals surface area contributed by atoms with E-state index in [4.69, 9.17) is 0 Å². The van der Waals surface area contributed by atoms with Gasteiger partial charge in [0.25, 0.3) is 0 Å². The molecule has 0 saturated carbocycles. The standard InChI is InChI=1S/C11H13N3O/c1-3-4-5-9-14(10(2)15)11-12-7-6-8-13-11/h6-8H,5,9H2,1-2H3. The Morgan fingerprint density at radius 1 is 1.47 bits per heavy atom. The van der Waals surface area contributed by atoms with E-state index < -0.39 is 0 Å². The molecule has 1 amide bonds. The fourth-order valence-corrected chi connectivity index (χ4v) is 1.12. The van der Waals surface area contributed by atoms with Gasteiger partial charge >= 0.3 is 0 Å². The van der Waals surface area contributed by atoms with Crippen molar-refractivity contribution in [1.29, 1.82) is 0 Å². The number of hydrogen-bond donors (Lipinski definition) is 0. The largest absolute Gasteiger partial charge is 0.280 e. The maximum absolute atomic E-state index is 11.3. The molecule has 4 nitrogen and oxygen atoms in total. The molecule has 0 unspecified atom stereocenters. The number of nitrogens with zero attached hydrogens (tertiary/aromatic N) is 3. The number of rotatable bonds is 3. The van der Waals surface area contributed by atoms with E-state index in [1.165, 1.54) is 11.8 Å². The summed E-state index contributed by atoms with van der Waals surface area (Å²) in [6, 6.07) is 1.72. The molecule has 0 aromatic carbocycles. The first-order valence-electron chi connectivity index (χ1n) is 4.70. The van der Waals surface area contributed by atoms with Crippen molar-refractivity contribution in [2.24, 2.45) is 0 Å². The number of hydrogen-bond acceptors (Lipinski definition) is 3. The second kappa shape index (κ2) is 5.76. The third kappa shape index (κ3) is 3.39. The lowest BCUT2D eigenvalue weighted by molar-refractivity contribution is -0.116. The highest BCUT2D eigenvalue weighted by Gasteiger charge is 2.12. The molecule has 0 N–H and O–H groups in total. The normalized spacial score (nSPS) is 8.93. The van der Waals surface area contributed by atoms with Gasteiger partial charge in [-0.1, -0.05) is 0 Å². The van der Waals surface area contributed by atoms with Gasteiger partial charge < -0.3 is 0 Å². The van der Waals surface area contributed by atoms with Crippen LogP contribution in [-0.2, 0) is 4.79 Å². The van der Waals surface area contributed by atoms with Crippen molar-refractivity contribution in [3.05, 3.63) is 18.5 Å². The molecule has 78 valence electrons. The molecule has 4 heteroatoms. The van der Waals surface area contributed by atoms with E-state index in [1.807, 2.05) is 0 Å². The molecule has 0 radical (unpaired) electrons. The van der Waals surface area contributed by atoms with E-state index in [-0.39, 0.29) is 5.91 Å². The Kier molecular flexibility index (Phi) is 4.30. The number of aromatic nitrogens is 2. The van der Waals surface area contributed by atoms with E-state index in [1.54, 1.807) is 25.4 Å². The van der Waals surface area contributed by atoms with Gasteiger partial charge in [-0.2, -0.15) is 0 Å². The van der Waals surface area contributed by atoms with Gasteiger partial charge in [0, 0.05) is 32.3 Å². The van der Waals surface area contributed by atoms with E-state index in [9.17, 15) is 4.79 Å². The van der Waals surface area contributed by atoms with Crippen molar-refractivity contribution in [1.82, 2.24) is 9.97 Å². The van der Waals surface area contributed by atoms with E-state index in [0.29, 0.717) is 18.9 Å². The molecular formula is C11H13N3O. The molecular weight excluding hydrogens is 190 g/mol. The van der Waals surface area contributed by atoms with Gasteiger partial charge in [-0.25, -0.2) is 9.97 Å². The first kappa shape index (κ1) is 11.2. The molecule has 1 aromatic heterocycles. The van der Waals surface area contributed by atoms with Crippen LogP contribution in [0, 0.1) is 11.8 Å². The summed E-state index contributed by atoms with van der Waals surface area (Å²) in [6.45, 7) is 3.80. The van der Waals surface area contributed by atoms with Gasteiger partial charge in [0.1, 0.15) is 0 Å². The molecule has 1 aromatic rings. The highest BCUT2D eigenvalue weighted by atomic mass is 16.2. The maximum atomic E-state index is 11.3. The second-order valence-electron chi connectivity index (χ2n) is 2.90. The highest BCUT2D eigenvalue weighted by Crippen LogP contribution is 2.05. The zero-order valence-corrected chi connectivity index (χ0v) is 8.90. The Bertz CT molecular complexity index is 378. The predicted octanol–water partition coefficient (Wildman–Crippen LogP) is 1.24. The number of carbonyl (C=O) groups excluding carboxylic acids is 1. The van der Waals surface area contributed by atoms with Gasteiger partial charge in [-0.15, -0.1) is 11.8 Å². The van der Waals surface area contributed by atoms with Crippen molar-refractivity contribution in [3.63, 3.8) is 0 Å². The molecule has 0 fully saturated rings. The van der Waals surface area contributed by atoms with Crippen LogP contribution in [0.3, 0.4) is 0 Å². The highest BCUT2D eigenvalue weighted by molar-refractivity contribution is 5.89. The van der Waals surface area contributed by atoms with Crippen molar-refractivity contribution >= 4 is 11.9 Å². The van der Waals surface area contributed by atoms with Crippen LogP contribution in [0.5, 0.6) is 0 Å². The topological polar surface area (TPSA) is 46.1 Å². The van der Waals surface area contributed by atoms with Gasteiger partial charge in [0.05, 0.1) is 0 Å². The molecule has 0 bridgehead atoms. The zero-order chi connectivity index (χ0) is 11.1. The van der Waals surface area contributed by atoms with Crippen LogP contribution in [0.2, 0.25) is 0 Å². The predicted molar refractivity (Wildman–Crippen MR) is 58.1 cm³/mol. The van der Waals surface area contributed by atoms with E-state index in [2.05, 4.69) is 21.8 Å². The van der Waals surface area contributed by atoms with Gasteiger partial charge in [-0.3, -0.25) is 9.69 Å². The molecule has 0 spiro atoms. The molecule has 0 saturated heterocycles. The molecule has 0 aliphatic heterocycles. The first-order valence-corrected chi connectivity index (χ1v) is 4.70. The van der Waals surface area contributed by atoms with Crippen molar-refractivity contribution in [3.8, 4) is 11.8 Å². The second-order valence-corrected chi connectivity index (χ2v) is 2.90. The maximum Gasteiger partial charge on any atom is 0.232 e. The monoisotopic (exact) mass is 203 g/mol. The summed E-state index contributed by atoms with van der Waals surface area (Å²) in [5.41, 5.74) is 0. The average Bonchev–Trinajstić information content (AvgIpc) is 2.25. The average molecular weight is 203 g/mol. The molecule has 0 atom stereocenters. The quantitative estimate of drug-likeness (QED) is 0.694. The molecule has 1 rings (SSSR count). The lowest BCUT2D eigenvalue weighted by Crippen LogP contribution is -2.30. The van der Waals surface area contributed by atoms with Crippen LogP contribution < -0.4 is 4.90 Å². The van der Waals surface area contributed by atoms with Crippen LogP contribution in [0.1, 0.15) is 20.3 Å².